The van der Waals surface area contributed by atoms with Gasteiger partial charge < -0.3 is 14.2 Å². The third kappa shape index (κ3) is 3.28. The van der Waals surface area contributed by atoms with Gasteiger partial charge in [0, 0.05) is 30.1 Å². The number of carbonyl (C=O) groups excluding carboxylic acids is 1. The highest BCUT2D eigenvalue weighted by atomic mass is 19.1. The molecular formula is C20H18FN3O3. The van der Waals surface area contributed by atoms with Gasteiger partial charge in [-0.2, -0.15) is 4.98 Å². The van der Waals surface area contributed by atoms with Gasteiger partial charge in [0.2, 0.25) is 5.91 Å². The molecule has 3 aromatic rings. The van der Waals surface area contributed by atoms with Crippen LogP contribution >= 0.6 is 0 Å². The monoisotopic (exact) mass is 367 g/mol. The van der Waals surface area contributed by atoms with Crippen LogP contribution in [0, 0.1) is 12.7 Å². The highest BCUT2D eigenvalue weighted by Crippen LogP contribution is 2.33. The zero-order chi connectivity index (χ0) is 19.0. The van der Waals surface area contributed by atoms with Crippen molar-refractivity contribution >= 4 is 11.6 Å². The summed E-state index contributed by atoms with van der Waals surface area (Å²) in [6, 6.07) is 11.7. The zero-order valence-electron chi connectivity index (χ0n) is 15.0. The molecule has 0 spiro atoms. The molecular weight excluding hydrogens is 349 g/mol. The third-order valence-electron chi connectivity index (χ3n) is 4.73. The predicted octanol–water partition coefficient (Wildman–Crippen LogP) is 3.71. The van der Waals surface area contributed by atoms with Gasteiger partial charge in [0.15, 0.2) is 5.82 Å². The summed E-state index contributed by atoms with van der Waals surface area (Å²) >= 11 is 0. The van der Waals surface area contributed by atoms with Crippen LogP contribution in [0.2, 0.25) is 0 Å². The number of ether oxygens (including phenoxy) is 1. The van der Waals surface area contributed by atoms with E-state index >= 15 is 0 Å². The van der Waals surface area contributed by atoms with E-state index < -0.39 is 0 Å². The first-order valence-corrected chi connectivity index (χ1v) is 8.59. The van der Waals surface area contributed by atoms with Gasteiger partial charge in [0.25, 0.3) is 5.89 Å². The number of hydrogen-bond donors (Lipinski definition) is 0. The summed E-state index contributed by atoms with van der Waals surface area (Å²) in [5.41, 5.74) is 2.20. The molecule has 2 heterocycles. The van der Waals surface area contributed by atoms with Crippen molar-refractivity contribution in [3.63, 3.8) is 0 Å². The Morgan fingerprint density at radius 1 is 1.22 bits per heavy atom. The Kier molecular flexibility index (Phi) is 4.35. The van der Waals surface area contributed by atoms with Gasteiger partial charge in [-0.3, -0.25) is 4.79 Å². The maximum absolute atomic E-state index is 13.6. The lowest BCUT2D eigenvalue weighted by Crippen LogP contribution is -2.25. The van der Waals surface area contributed by atoms with E-state index in [1.807, 2.05) is 31.2 Å². The molecule has 138 valence electrons. The zero-order valence-corrected chi connectivity index (χ0v) is 15.0. The molecule has 1 aliphatic heterocycles. The van der Waals surface area contributed by atoms with Crippen molar-refractivity contribution in [2.24, 2.45) is 0 Å². The quantitative estimate of drug-likeness (QED) is 0.703. The predicted molar refractivity (Wildman–Crippen MR) is 97.1 cm³/mol. The second-order valence-electron chi connectivity index (χ2n) is 6.52. The topological polar surface area (TPSA) is 68.5 Å². The Morgan fingerprint density at radius 3 is 2.74 bits per heavy atom. The molecule has 0 N–H and O–H groups in total. The maximum atomic E-state index is 13.6. The number of halogens is 1. The normalized spacial score (nSPS) is 16.8. The molecule has 4 rings (SSSR count). The van der Waals surface area contributed by atoms with E-state index in [1.165, 1.54) is 12.1 Å². The second kappa shape index (κ2) is 6.83. The first kappa shape index (κ1) is 17.2. The first-order valence-electron chi connectivity index (χ1n) is 8.59. The van der Waals surface area contributed by atoms with Gasteiger partial charge in [0.05, 0.1) is 7.11 Å². The van der Waals surface area contributed by atoms with Crippen LogP contribution in [-0.2, 0) is 4.79 Å². The molecule has 0 bridgehead atoms. The number of methoxy groups -OCH3 is 1. The highest BCUT2D eigenvalue weighted by molar-refractivity contribution is 5.97. The van der Waals surface area contributed by atoms with Crippen LogP contribution in [0.15, 0.2) is 47.0 Å². The van der Waals surface area contributed by atoms with Crippen LogP contribution in [0.3, 0.4) is 0 Å². The summed E-state index contributed by atoms with van der Waals surface area (Å²) in [6.45, 7) is 2.25. The Labute approximate surface area is 155 Å². The molecule has 1 saturated heterocycles. The molecule has 0 radical (unpaired) electrons. The molecule has 1 unspecified atom stereocenters. The minimum absolute atomic E-state index is 0.0792. The molecule has 0 aliphatic carbocycles. The number of aryl methyl sites for hydroxylation is 1. The number of aromatic nitrogens is 2. The SMILES string of the molecule is COc1ccc(-c2nc(C3CC(=O)N(c4cc(F)ccc4C)C3)no2)cc1. The fraction of sp³-hybridized carbons (Fsp3) is 0.250. The van der Waals surface area contributed by atoms with Crippen molar-refractivity contribution in [1.82, 2.24) is 10.1 Å². The smallest absolute Gasteiger partial charge is 0.257 e. The van der Waals surface area contributed by atoms with Crippen molar-refractivity contribution in [2.45, 2.75) is 19.3 Å². The second-order valence-corrected chi connectivity index (χ2v) is 6.52. The van der Waals surface area contributed by atoms with E-state index in [0.29, 0.717) is 23.9 Å². The van der Waals surface area contributed by atoms with E-state index in [1.54, 1.807) is 18.1 Å². The summed E-state index contributed by atoms with van der Waals surface area (Å²) in [6.07, 6.45) is 0.261. The lowest BCUT2D eigenvalue weighted by Gasteiger charge is -2.18. The average molecular weight is 367 g/mol. The summed E-state index contributed by atoms with van der Waals surface area (Å²) in [4.78, 5) is 18.5. The van der Waals surface area contributed by atoms with Crippen LogP contribution < -0.4 is 9.64 Å². The molecule has 1 fully saturated rings. The van der Waals surface area contributed by atoms with E-state index in [4.69, 9.17) is 9.26 Å². The van der Waals surface area contributed by atoms with Crippen LogP contribution in [0.1, 0.15) is 23.7 Å². The van der Waals surface area contributed by atoms with E-state index in [9.17, 15) is 9.18 Å². The van der Waals surface area contributed by atoms with Crippen molar-refractivity contribution in [1.29, 1.82) is 0 Å². The molecule has 1 atom stereocenters. The van der Waals surface area contributed by atoms with Gasteiger partial charge in [0.1, 0.15) is 11.6 Å². The average Bonchev–Trinajstić information content (AvgIpc) is 3.31. The number of amides is 1. The van der Waals surface area contributed by atoms with Gasteiger partial charge >= 0.3 is 0 Å². The molecule has 1 aromatic heterocycles. The molecule has 2 aromatic carbocycles. The molecule has 0 saturated carbocycles. The van der Waals surface area contributed by atoms with Crippen molar-refractivity contribution in [3.05, 3.63) is 59.7 Å². The van der Waals surface area contributed by atoms with Crippen molar-refractivity contribution in [2.75, 3.05) is 18.6 Å². The standard InChI is InChI=1S/C20H18FN3O3/c1-12-3-6-15(21)10-17(12)24-11-14(9-18(24)25)19-22-20(27-23-19)13-4-7-16(26-2)8-5-13/h3-8,10,14H,9,11H2,1-2H3. The minimum Gasteiger partial charge on any atom is -0.497 e. The molecule has 27 heavy (non-hydrogen) atoms. The molecule has 7 heteroatoms. The van der Waals surface area contributed by atoms with Gasteiger partial charge in [-0.25, -0.2) is 4.39 Å². The summed E-state index contributed by atoms with van der Waals surface area (Å²) in [7, 11) is 1.60. The summed E-state index contributed by atoms with van der Waals surface area (Å²) < 4.78 is 24.1. The Hall–Kier alpha value is -3.22. The largest absolute Gasteiger partial charge is 0.497 e. The lowest BCUT2D eigenvalue weighted by atomic mass is 10.1. The van der Waals surface area contributed by atoms with Crippen LogP contribution in [0.4, 0.5) is 10.1 Å². The van der Waals surface area contributed by atoms with Gasteiger partial charge in [-0.1, -0.05) is 11.2 Å². The first-order chi connectivity index (χ1) is 13.0. The number of hydrogen-bond acceptors (Lipinski definition) is 5. The van der Waals surface area contributed by atoms with E-state index in [2.05, 4.69) is 10.1 Å². The van der Waals surface area contributed by atoms with Crippen LogP contribution in [-0.4, -0.2) is 29.7 Å². The number of anilines is 1. The van der Waals surface area contributed by atoms with E-state index in [0.717, 1.165) is 16.9 Å². The maximum Gasteiger partial charge on any atom is 0.257 e. The molecule has 1 amide bonds. The number of carbonyl (C=O) groups is 1. The highest BCUT2D eigenvalue weighted by Gasteiger charge is 2.35. The number of rotatable bonds is 4. The summed E-state index contributed by atoms with van der Waals surface area (Å²) in [5.74, 6) is 0.959. The fourth-order valence-corrected chi connectivity index (χ4v) is 3.24. The lowest BCUT2D eigenvalue weighted by molar-refractivity contribution is -0.117. The fourth-order valence-electron chi connectivity index (χ4n) is 3.24. The van der Waals surface area contributed by atoms with E-state index in [-0.39, 0.29) is 24.1 Å². The number of benzene rings is 2. The van der Waals surface area contributed by atoms with Gasteiger partial charge in [-0.05, 0) is 48.9 Å². The third-order valence-corrected chi connectivity index (χ3v) is 4.73. The van der Waals surface area contributed by atoms with Gasteiger partial charge in [-0.15, -0.1) is 0 Å². The Balaban J connectivity index is 1.56. The minimum atomic E-state index is -0.367. The van der Waals surface area contributed by atoms with Crippen LogP contribution in [0.25, 0.3) is 11.5 Å². The number of nitrogens with zero attached hydrogens (tertiary/aromatic N) is 3. The van der Waals surface area contributed by atoms with Crippen LogP contribution in [0.5, 0.6) is 5.75 Å². The molecule has 6 nitrogen and oxygen atoms in total. The van der Waals surface area contributed by atoms with Crippen molar-refractivity contribution < 1.29 is 18.4 Å². The summed E-state index contributed by atoms with van der Waals surface area (Å²) in [5, 5.41) is 4.05. The Morgan fingerprint density at radius 2 is 2.00 bits per heavy atom. The molecule has 1 aliphatic rings. The van der Waals surface area contributed by atoms with Crippen molar-refractivity contribution in [3.8, 4) is 17.2 Å². The Bertz CT molecular complexity index is 984.